The largest absolute Gasteiger partial charge is 0.350 e. The summed E-state index contributed by atoms with van der Waals surface area (Å²) in [7, 11) is 1.56. The minimum atomic E-state index is 0.164. The average Bonchev–Trinajstić information content (AvgIpc) is 2.95. The predicted molar refractivity (Wildman–Crippen MR) is 93.0 cm³/mol. The predicted octanol–water partition coefficient (Wildman–Crippen LogP) is 3.47. The highest BCUT2D eigenvalue weighted by molar-refractivity contribution is 14.2. The van der Waals surface area contributed by atoms with Gasteiger partial charge in [0.25, 0.3) is 0 Å². The number of fused-ring (bicyclic) bond motifs is 1. The summed E-state index contributed by atoms with van der Waals surface area (Å²) < 4.78 is 1.97. The molecule has 2 aromatic rings. The third-order valence-electron chi connectivity index (χ3n) is 3.90. The quantitative estimate of drug-likeness (QED) is 0.776. The Bertz CT molecular complexity index is 639. The number of nitrogens with zero attached hydrogens (tertiary/aromatic N) is 3. The van der Waals surface area contributed by atoms with Crippen LogP contribution in [0.1, 0.15) is 37.8 Å². The summed E-state index contributed by atoms with van der Waals surface area (Å²) in [6.07, 6.45) is 9.34. The minimum absolute atomic E-state index is 0.164. The first-order chi connectivity index (χ1) is 10.3. The number of nitrogens with one attached hydrogen (secondary N) is 1. The second kappa shape index (κ2) is 6.95. The van der Waals surface area contributed by atoms with E-state index in [0.717, 1.165) is 29.7 Å². The number of carbonyl (C=O) groups excluding carboxylic acids is 1. The van der Waals surface area contributed by atoms with Crippen molar-refractivity contribution < 1.29 is 4.79 Å². The Balaban J connectivity index is 1.63. The Hall–Kier alpha value is -0.830. The van der Waals surface area contributed by atoms with Crippen LogP contribution >= 0.6 is 30.3 Å². The van der Waals surface area contributed by atoms with Gasteiger partial charge >= 0.3 is 0 Å². The lowest BCUT2D eigenvalue weighted by Crippen LogP contribution is -2.31. The van der Waals surface area contributed by atoms with Crippen LogP contribution in [0.3, 0.4) is 0 Å². The molecule has 0 atom stereocenters. The van der Waals surface area contributed by atoms with E-state index in [9.17, 15) is 4.79 Å². The Morgan fingerprint density at radius 3 is 3.00 bits per heavy atom. The van der Waals surface area contributed by atoms with Crippen molar-refractivity contribution >= 4 is 47.4 Å². The van der Waals surface area contributed by atoms with Gasteiger partial charge in [-0.15, -0.1) is 0 Å². The molecule has 0 radical (unpaired) electrons. The standard InChI is InChI=1S/C14H17IN4OS/c15-21-19-7-6-12-13(19)16-8-11(18-12)9-17-14(20)10-4-2-1-3-5-10/h6-8,10H,1-5,9H2,(H,17,20). The lowest BCUT2D eigenvalue weighted by atomic mass is 9.89. The number of hydrogen-bond acceptors (Lipinski definition) is 4. The summed E-state index contributed by atoms with van der Waals surface area (Å²) in [5.74, 6) is 0.351. The van der Waals surface area contributed by atoms with Crippen molar-refractivity contribution in [2.45, 2.75) is 38.6 Å². The lowest BCUT2D eigenvalue weighted by molar-refractivity contribution is -0.126. The van der Waals surface area contributed by atoms with Gasteiger partial charge < -0.3 is 5.32 Å². The first-order valence-corrected chi connectivity index (χ1v) is 10.5. The highest BCUT2D eigenvalue weighted by atomic mass is 127. The molecule has 0 spiro atoms. The lowest BCUT2D eigenvalue weighted by Gasteiger charge is -2.20. The highest BCUT2D eigenvalue weighted by Crippen LogP contribution is 2.24. The molecule has 0 unspecified atom stereocenters. The number of rotatable bonds is 4. The van der Waals surface area contributed by atoms with Crippen LogP contribution in [0.25, 0.3) is 11.2 Å². The van der Waals surface area contributed by atoms with Crippen molar-refractivity contribution in [3.8, 4) is 0 Å². The highest BCUT2D eigenvalue weighted by Gasteiger charge is 2.20. The van der Waals surface area contributed by atoms with Gasteiger partial charge in [-0.25, -0.2) is 9.97 Å². The van der Waals surface area contributed by atoms with E-state index in [1.807, 2.05) is 16.2 Å². The Morgan fingerprint density at radius 2 is 2.24 bits per heavy atom. The van der Waals surface area contributed by atoms with Crippen LogP contribution < -0.4 is 5.32 Å². The molecule has 1 fully saturated rings. The summed E-state index contributed by atoms with van der Waals surface area (Å²) in [4.78, 5) is 21.1. The van der Waals surface area contributed by atoms with Crippen molar-refractivity contribution in [1.29, 1.82) is 0 Å². The summed E-state index contributed by atoms with van der Waals surface area (Å²) >= 11 is 2.21. The topological polar surface area (TPSA) is 59.8 Å². The van der Waals surface area contributed by atoms with Gasteiger partial charge in [-0.3, -0.25) is 8.77 Å². The molecule has 21 heavy (non-hydrogen) atoms. The van der Waals surface area contributed by atoms with Crippen LogP contribution in [0.15, 0.2) is 18.5 Å². The molecule has 0 saturated heterocycles. The van der Waals surface area contributed by atoms with Gasteiger partial charge in [-0.1, -0.05) is 19.3 Å². The van der Waals surface area contributed by atoms with Crippen LogP contribution in [-0.2, 0) is 11.3 Å². The molecule has 1 amide bonds. The first kappa shape index (κ1) is 15.1. The molecule has 5 nitrogen and oxygen atoms in total. The Kier molecular flexibility index (Phi) is 4.99. The maximum absolute atomic E-state index is 12.1. The van der Waals surface area contributed by atoms with Crippen molar-refractivity contribution in [1.82, 2.24) is 19.3 Å². The van der Waals surface area contributed by atoms with Crippen molar-refractivity contribution in [3.63, 3.8) is 0 Å². The maximum atomic E-state index is 12.1. The second-order valence-electron chi connectivity index (χ2n) is 5.33. The molecule has 1 aliphatic carbocycles. The molecular formula is C14H17IN4OS. The summed E-state index contributed by atoms with van der Waals surface area (Å²) in [6.45, 7) is 0.459. The van der Waals surface area contributed by atoms with Gasteiger partial charge in [0.05, 0.1) is 18.4 Å². The fourth-order valence-electron chi connectivity index (χ4n) is 2.75. The van der Waals surface area contributed by atoms with Crippen LogP contribution in [0.2, 0.25) is 0 Å². The zero-order valence-electron chi connectivity index (χ0n) is 11.6. The second-order valence-corrected chi connectivity index (χ2v) is 7.05. The molecule has 2 aromatic heterocycles. The van der Waals surface area contributed by atoms with Gasteiger partial charge in [-0.2, -0.15) is 0 Å². The molecule has 112 valence electrons. The van der Waals surface area contributed by atoms with E-state index in [4.69, 9.17) is 0 Å². The Morgan fingerprint density at radius 1 is 1.43 bits per heavy atom. The SMILES string of the molecule is O=C(NCc1cnc2c(ccn2SI)n1)C1CCCCC1. The van der Waals surface area contributed by atoms with Gasteiger partial charge in [0.15, 0.2) is 5.65 Å². The molecule has 1 N–H and O–H groups in total. The molecule has 0 bridgehead atoms. The molecule has 0 aliphatic heterocycles. The van der Waals surface area contributed by atoms with Gasteiger partial charge in [0, 0.05) is 42.4 Å². The fourth-order valence-corrected chi connectivity index (χ4v) is 4.02. The van der Waals surface area contributed by atoms with E-state index in [1.165, 1.54) is 19.3 Å². The molecule has 3 rings (SSSR count). The molecule has 7 heteroatoms. The van der Waals surface area contributed by atoms with E-state index in [2.05, 4.69) is 36.5 Å². The monoisotopic (exact) mass is 416 g/mol. The fraction of sp³-hybridized carbons (Fsp3) is 0.500. The number of aromatic nitrogens is 3. The first-order valence-electron chi connectivity index (χ1n) is 7.17. The van der Waals surface area contributed by atoms with E-state index in [1.54, 1.807) is 15.3 Å². The number of hydrogen-bond donors (Lipinski definition) is 1. The van der Waals surface area contributed by atoms with E-state index in [0.29, 0.717) is 6.54 Å². The van der Waals surface area contributed by atoms with Crippen LogP contribution in [0.4, 0.5) is 0 Å². The summed E-state index contributed by atoms with van der Waals surface area (Å²) in [5, 5.41) is 3.00. The van der Waals surface area contributed by atoms with Gasteiger partial charge in [0.1, 0.15) is 5.52 Å². The molecule has 2 heterocycles. The molecular weight excluding hydrogens is 399 g/mol. The van der Waals surface area contributed by atoms with Crippen LogP contribution in [-0.4, -0.2) is 19.8 Å². The average molecular weight is 416 g/mol. The summed E-state index contributed by atoms with van der Waals surface area (Å²) in [5.41, 5.74) is 2.53. The number of halogens is 1. The number of amides is 1. The normalized spacial score (nSPS) is 16.2. The number of carbonyl (C=O) groups is 1. The zero-order chi connectivity index (χ0) is 14.7. The van der Waals surface area contributed by atoms with E-state index < -0.39 is 0 Å². The molecule has 1 saturated carbocycles. The molecule has 0 aromatic carbocycles. The third kappa shape index (κ3) is 3.50. The van der Waals surface area contributed by atoms with Gasteiger partial charge in [-0.05, 0) is 18.9 Å². The summed E-state index contributed by atoms with van der Waals surface area (Å²) in [6, 6.07) is 1.94. The van der Waals surface area contributed by atoms with Crippen LogP contribution in [0.5, 0.6) is 0 Å². The van der Waals surface area contributed by atoms with E-state index >= 15 is 0 Å². The maximum Gasteiger partial charge on any atom is 0.223 e. The molecule has 1 aliphatic rings. The van der Waals surface area contributed by atoms with Crippen LogP contribution in [0, 0.1) is 5.92 Å². The van der Waals surface area contributed by atoms with Crippen molar-refractivity contribution in [2.75, 3.05) is 0 Å². The minimum Gasteiger partial charge on any atom is -0.350 e. The smallest absolute Gasteiger partial charge is 0.223 e. The third-order valence-corrected chi connectivity index (χ3v) is 5.62. The zero-order valence-corrected chi connectivity index (χ0v) is 14.6. The van der Waals surface area contributed by atoms with E-state index in [-0.39, 0.29) is 11.8 Å². The van der Waals surface area contributed by atoms with Gasteiger partial charge in [0.2, 0.25) is 5.91 Å². The van der Waals surface area contributed by atoms with Crippen molar-refractivity contribution in [3.05, 3.63) is 24.2 Å². The van der Waals surface area contributed by atoms with Crippen molar-refractivity contribution in [2.24, 2.45) is 5.92 Å². The Labute approximate surface area is 140 Å².